The third kappa shape index (κ3) is 4.17. The van der Waals surface area contributed by atoms with Crippen LogP contribution in [0.1, 0.15) is 20.8 Å². The Balaban J connectivity index is 2.88. The molecule has 0 radical (unpaired) electrons. The van der Waals surface area contributed by atoms with E-state index in [1.165, 1.54) is 6.07 Å². The number of allylic oxidation sites excluding steroid dienone is 1. The highest BCUT2D eigenvalue weighted by Gasteiger charge is 2.21. The summed E-state index contributed by atoms with van der Waals surface area (Å²) in [5.41, 5.74) is 0.450. The van der Waals surface area contributed by atoms with Gasteiger partial charge in [-0.15, -0.1) is 0 Å². The molecule has 0 aliphatic carbocycles. The molecule has 1 amide bonds. The first-order valence-electron chi connectivity index (χ1n) is 5.73. The monoisotopic (exact) mass is 266 g/mol. The Morgan fingerprint density at radius 1 is 1.37 bits per heavy atom. The van der Waals surface area contributed by atoms with Crippen LogP contribution in [0.4, 0.5) is 10.2 Å². The lowest BCUT2D eigenvalue weighted by molar-refractivity contribution is -0.139. The van der Waals surface area contributed by atoms with Crippen LogP contribution < -0.4 is 5.32 Å². The summed E-state index contributed by atoms with van der Waals surface area (Å²) in [7, 11) is 0. The van der Waals surface area contributed by atoms with Crippen LogP contribution in [0.2, 0.25) is 0 Å². The molecule has 0 atom stereocenters. The average molecular weight is 266 g/mol. The maximum Gasteiger partial charge on any atom is 0.343 e. The van der Waals surface area contributed by atoms with Gasteiger partial charge in [-0.2, -0.15) is 0 Å². The first-order valence-corrected chi connectivity index (χ1v) is 5.73. The molecule has 1 aromatic rings. The quantitative estimate of drug-likeness (QED) is 0.392. The lowest BCUT2D eigenvalue weighted by Gasteiger charge is -2.09. The molecule has 102 valence electrons. The van der Waals surface area contributed by atoms with Gasteiger partial charge in [0.1, 0.15) is 17.2 Å². The zero-order valence-corrected chi connectivity index (χ0v) is 11.0. The Kier molecular flexibility index (Phi) is 5.17. The zero-order chi connectivity index (χ0) is 14.4. The normalized spacial score (nSPS) is 9.68. The van der Waals surface area contributed by atoms with Crippen molar-refractivity contribution in [2.24, 2.45) is 0 Å². The van der Waals surface area contributed by atoms with Crippen molar-refractivity contribution in [3.63, 3.8) is 0 Å². The van der Waals surface area contributed by atoms with Crippen molar-refractivity contribution in [2.45, 2.75) is 20.8 Å². The highest BCUT2D eigenvalue weighted by molar-refractivity contribution is 6.21. The predicted octanol–water partition coefficient (Wildman–Crippen LogP) is 2.06. The fraction of sp³-hybridized carbons (Fsp3) is 0.308. The van der Waals surface area contributed by atoms with Crippen LogP contribution in [0, 0.1) is 5.82 Å². The maximum absolute atomic E-state index is 12.7. The third-order valence-electron chi connectivity index (χ3n) is 2.18. The van der Waals surface area contributed by atoms with Crippen LogP contribution in [-0.2, 0) is 14.3 Å². The summed E-state index contributed by atoms with van der Waals surface area (Å²) < 4.78 is 17.5. The molecule has 19 heavy (non-hydrogen) atoms. The Labute approximate surface area is 110 Å². The zero-order valence-electron chi connectivity index (χ0n) is 11.0. The molecule has 0 fully saturated rings. The highest BCUT2D eigenvalue weighted by atomic mass is 19.1. The van der Waals surface area contributed by atoms with Crippen molar-refractivity contribution >= 4 is 17.7 Å². The molecule has 0 unspecified atom stereocenters. The van der Waals surface area contributed by atoms with Gasteiger partial charge in [-0.1, -0.05) is 5.57 Å². The van der Waals surface area contributed by atoms with E-state index in [0.717, 1.165) is 12.3 Å². The fourth-order valence-electron chi connectivity index (χ4n) is 1.36. The first kappa shape index (κ1) is 14.8. The summed E-state index contributed by atoms with van der Waals surface area (Å²) in [5, 5.41) is 2.41. The van der Waals surface area contributed by atoms with Crippen molar-refractivity contribution in [1.82, 2.24) is 4.98 Å². The molecule has 0 aliphatic heterocycles. The van der Waals surface area contributed by atoms with E-state index in [4.69, 9.17) is 4.74 Å². The number of nitrogens with zero attached hydrogens (tertiary/aromatic N) is 1. The molecular weight excluding hydrogens is 251 g/mol. The van der Waals surface area contributed by atoms with Gasteiger partial charge in [0.2, 0.25) is 0 Å². The lowest BCUT2D eigenvalue weighted by atomic mass is 10.1. The van der Waals surface area contributed by atoms with E-state index in [1.54, 1.807) is 20.8 Å². The van der Waals surface area contributed by atoms with E-state index >= 15 is 0 Å². The number of carbonyl (C=O) groups excluding carboxylic acids is 2. The van der Waals surface area contributed by atoms with Gasteiger partial charge in [0, 0.05) is 0 Å². The topological polar surface area (TPSA) is 68.3 Å². The molecule has 0 bridgehead atoms. The second-order valence-electron chi connectivity index (χ2n) is 3.91. The van der Waals surface area contributed by atoms with Crippen LogP contribution in [0.5, 0.6) is 0 Å². The third-order valence-corrected chi connectivity index (χ3v) is 2.18. The maximum atomic E-state index is 12.7. The summed E-state index contributed by atoms with van der Waals surface area (Å²) in [6, 6.07) is 2.47. The van der Waals surface area contributed by atoms with Gasteiger partial charge in [-0.05, 0) is 32.9 Å². The highest BCUT2D eigenvalue weighted by Crippen LogP contribution is 2.11. The number of hydrogen-bond donors (Lipinski definition) is 1. The molecule has 1 heterocycles. The van der Waals surface area contributed by atoms with Gasteiger partial charge in [0.05, 0.1) is 12.8 Å². The number of amides is 1. The molecule has 0 aromatic carbocycles. The Hall–Kier alpha value is -2.24. The number of ether oxygens (including phenoxy) is 1. The largest absolute Gasteiger partial charge is 0.462 e. The van der Waals surface area contributed by atoms with E-state index in [9.17, 15) is 14.0 Å². The van der Waals surface area contributed by atoms with Gasteiger partial charge < -0.3 is 10.1 Å². The SMILES string of the molecule is CCOC(=O)C(C(=O)Nc1ccc(F)cn1)=C(C)C. The van der Waals surface area contributed by atoms with Crippen LogP contribution >= 0.6 is 0 Å². The molecule has 6 heteroatoms. The van der Waals surface area contributed by atoms with Gasteiger partial charge in [0.15, 0.2) is 0 Å². The van der Waals surface area contributed by atoms with Crippen LogP contribution in [0.15, 0.2) is 29.5 Å². The van der Waals surface area contributed by atoms with E-state index < -0.39 is 17.7 Å². The number of anilines is 1. The van der Waals surface area contributed by atoms with Crippen LogP contribution in [0.3, 0.4) is 0 Å². The number of hydrogen-bond acceptors (Lipinski definition) is 4. The minimum absolute atomic E-state index is 0.0759. The number of halogens is 1. The van der Waals surface area contributed by atoms with Crippen molar-refractivity contribution in [3.8, 4) is 0 Å². The van der Waals surface area contributed by atoms with Crippen molar-refractivity contribution in [3.05, 3.63) is 35.3 Å². The van der Waals surface area contributed by atoms with E-state index in [2.05, 4.69) is 10.3 Å². The summed E-state index contributed by atoms with van der Waals surface area (Å²) in [4.78, 5) is 27.3. The molecule has 0 spiro atoms. The second kappa shape index (κ2) is 6.63. The van der Waals surface area contributed by atoms with Crippen molar-refractivity contribution < 1.29 is 18.7 Å². The summed E-state index contributed by atoms with van der Waals surface area (Å²) in [6.45, 7) is 5.09. The van der Waals surface area contributed by atoms with Gasteiger partial charge >= 0.3 is 5.97 Å². The van der Waals surface area contributed by atoms with Crippen LogP contribution in [-0.4, -0.2) is 23.5 Å². The Morgan fingerprint density at radius 3 is 2.53 bits per heavy atom. The van der Waals surface area contributed by atoms with Gasteiger partial charge in [0.25, 0.3) is 5.91 Å². The number of esters is 1. The van der Waals surface area contributed by atoms with E-state index in [1.807, 2.05) is 0 Å². The Morgan fingerprint density at radius 2 is 2.05 bits per heavy atom. The summed E-state index contributed by atoms with van der Waals surface area (Å²) in [6.07, 6.45) is 0.974. The average Bonchev–Trinajstić information content (AvgIpc) is 2.32. The van der Waals surface area contributed by atoms with E-state index in [-0.39, 0.29) is 18.0 Å². The minimum Gasteiger partial charge on any atom is -0.462 e. The number of carbonyl (C=O) groups is 2. The minimum atomic E-state index is -0.692. The number of nitrogens with one attached hydrogen (secondary N) is 1. The van der Waals surface area contributed by atoms with Crippen molar-refractivity contribution in [2.75, 3.05) is 11.9 Å². The van der Waals surface area contributed by atoms with E-state index in [0.29, 0.717) is 5.57 Å². The predicted molar refractivity (Wildman–Crippen MR) is 67.8 cm³/mol. The number of pyridine rings is 1. The molecule has 0 saturated heterocycles. The smallest absolute Gasteiger partial charge is 0.343 e. The number of aromatic nitrogens is 1. The Bertz CT molecular complexity index is 505. The molecule has 0 aliphatic rings. The molecule has 5 nitrogen and oxygen atoms in total. The standard InChI is InChI=1S/C13H15FN2O3/c1-4-19-13(18)11(8(2)3)12(17)16-10-6-5-9(14)7-15-10/h5-7H,4H2,1-3H3,(H,15,16,17). The molecule has 1 aromatic heterocycles. The molecule has 1 rings (SSSR count). The van der Waals surface area contributed by atoms with Gasteiger partial charge in [-0.25, -0.2) is 14.2 Å². The second-order valence-corrected chi connectivity index (χ2v) is 3.91. The van der Waals surface area contributed by atoms with Crippen molar-refractivity contribution in [1.29, 1.82) is 0 Å². The molecule has 0 saturated carbocycles. The van der Waals surface area contributed by atoms with Crippen LogP contribution in [0.25, 0.3) is 0 Å². The molecule has 1 N–H and O–H groups in total. The summed E-state index contributed by atoms with van der Waals surface area (Å²) >= 11 is 0. The fourth-order valence-corrected chi connectivity index (χ4v) is 1.36. The number of rotatable bonds is 4. The first-order chi connectivity index (χ1) is 8.95. The summed E-state index contributed by atoms with van der Waals surface area (Å²) in [5.74, 6) is -1.67. The lowest BCUT2D eigenvalue weighted by Crippen LogP contribution is -2.23. The van der Waals surface area contributed by atoms with Gasteiger partial charge in [-0.3, -0.25) is 4.79 Å². The molecular formula is C13H15FN2O3.